The van der Waals surface area contributed by atoms with Crippen LogP contribution in [0, 0.1) is 5.41 Å². The predicted octanol–water partition coefficient (Wildman–Crippen LogP) is 4.14. The van der Waals surface area contributed by atoms with E-state index in [9.17, 15) is 19.5 Å². The largest absolute Gasteiger partial charge is 0.477 e. The minimum Gasteiger partial charge on any atom is -0.477 e. The normalized spacial score (nSPS) is 20.6. The Labute approximate surface area is 228 Å². The zero-order valence-electron chi connectivity index (χ0n) is 21.7. The van der Waals surface area contributed by atoms with Gasteiger partial charge in [0.2, 0.25) is 11.5 Å². The zero-order valence-corrected chi connectivity index (χ0v) is 22.5. The van der Waals surface area contributed by atoms with Crippen molar-refractivity contribution < 1.29 is 14.7 Å². The monoisotopic (exact) mass is 541 g/mol. The fourth-order valence-electron chi connectivity index (χ4n) is 5.74. The highest BCUT2D eigenvalue weighted by Gasteiger charge is 2.58. The van der Waals surface area contributed by atoms with Gasteiger partial charge in [-0.3, -0.25) is 9.59 Å². The Bertz CT molecular complexity index is 1710. The number of carboxylic acids is 1. The van der Waals surface area contributed by atoms with E-state index in [1.165, 1.54) is 22.4 Å². The number of carbonyl (C=O) groups excluding carboxylic acids is 1. The van der Waals surface area contributed by atoms with Gasteiger partial charge in [-0.2, -0.15) is 5.10 Å². The summed E-state index contributed by atoms with van der Waals surface area (Å²) >= 11 is 1.43. The first-order valence-corrected chi connectivity index (χ1v) is 13.6. The number of pyridine rings is 1. The second kappa shape index (κ2) is 9.16. The van der Waals surface area contributed by atoms with Gasteiger partial charge in [0.25, 0.3) is 0 Å². The Hall–Kier alpha value is -4.31. The SMILES string of the molecule is Cn1cc(-n2ncc3cc(N4C(=O)C(C)(C)[C@H](N5CSC=C5C(=O)O)[C@H]4c4ccccc4)ccc32)ccc1=O. The van der Waals surface area contributed by atoms with Gasteiger partial charge in [0, 0.05) is 35.8 Å². The predicted molar refractivity (Wildman–Crippen MR) is 151 cm³/mol. The van der Waals surface area contributed by atoms with E-state index >= 15 is 0 Å². The van der Waals surface area contributed by atoms with Crippen molar-refractivity contribution >= 4 is 40.2 Å². The molecule has 1 N–H and O–H groups in total. The number of carboxylic acid groups (broad SMARTS) is 1. The minimum absolute atomic E-state index is 0.0761. The quantitative estimate of drug-likeness (QED) is 0.405. The Balaban J connectivity index is 1.48. The van der Waals surface area contributed by atoms with Crippen LogP contribution in [0.5, 0.6) is 0 Å². The lowest BCUT2D eigenvalue weighted by Gasteiger charge is -2.38. The molecule has 9 nitrogen and oxygen atoms in total. The molecule has 2 aromatic carbocycles. The first-order chi connectivity index (χ1) is 18.7. The number of benzene rings is 2. The van der Waals surface area contributed by atoms with Gasteiger partial charge in [-0.05, 0) is 43.7 Å². The number of amides is 1. The van der Waals surface area contributed by atoms with Gasteiger partial charge in [-0.25, -0.2) is 9.48 Å². The van der Waals surface area contributed by atoms with Crippen LogP contribution in [-0.2, 0) is 16.6 Å². The average Bonchev–Trinajstić information content (AvgIpc) is 3.61. The number of fused-ring (bicyclic) bond motifs is 1. The van der Waals surface area contributed by atoms with Crippen molar-refractivity contribution in [2.45, 2.75) is 25.9 Å². The van der Waals surface area contributed by atoms with Crippen LogP contribution in [0.25, 0.3) is 16.6 Å². The number of aryl methyl sites for hydroxylation is 1. The highest BCUT2D eigenvalue weighted by Crippen LogP contribution is 2.51. The number of aliphatic carboxylic acids is 1. The molecule has 0 spiro atoms. The Morgan fingerprint density at radius 3 is 2.51 bits per heavy atom. The summed E-state index contributed by atoms with van der Waals surface area (Å²) in [5.41, 5.74) is 2.47. The summed E-state index contributed by atoms with van der Waals surface area (Å²) in [5, 5.41) is 17.0. The van der Waals surface area contributed by atoms with E-state index in [4.69, 9.17) is 0 Å². The number of hydrogen-bond acceptors (Lipinski definition) is 6. The molecule has 0 bridgehead atoms. The molecule has 2 aliphatic heterocycles. The van der Waals surface area contributed by atoms with Crippen LogP contribution in [0.15, 0.2) is 89.0 Å². The maximum atomic E-state index is 14.2. The summed E-state index contributed by atoms with van der Waals surface area (Å²) in [6, 6.07) is 18.0. The van der Waals surface area contributed by atoms with Gasteiger partial charge in [-0.1, -0.05) is 30.3 Å². The third-order valence-corrected chi connectivity index (χ3v) is 8.46. The van der Waals surface area contributed by atoms with Gasteiger partial charge >= 0.3 is 5.97 Å². The molecule has 4 aromatic rings. The second-order valence-corrected chi connectivity index (χ2v) is 11.2. The Kier molecular flexibility index (Phi) is 5.87. The van der Waals surface area contributed by atoms with Crippen LogP contribution < -0.4 is 10.5 Å². The molecule has 1 fully saturated rings. The summed E-state index contributed by atoms with van der Waals surface area (Å²) in [5.74, 6) is -0.612. The van der Waals surface area contributed by atoms with Crippen molar-refractivity contribution in [2.24, 2.45) is 12.5 Å². The van der Waals surface area contributed by atoms with Crippen molar-refractivity contribution in [3.8, 4) is 5.69 Å². The van der Waals surface area contributed by atoms with Crippen molar-refractivity contribution in [1.82, 2.24) is 19.2 Å². The van der Waals surface area contributed by atoms with Gasteiger partial charge in [-0.15, -0.1) is 11.8 Å². The molecule has 0 aliphatic carbocycles. The van der Waals surface area contributed by atoms with Gasteiger partial charge in [0.15, 0.2) is 0 Å². The molecular formula is C29H27N5O4S. The summed E-state index contributed by atoms with van der Waals surface area (Å²) in [7, 11) is 1.69. The van der Waals surface area contributed by atoms with Gasteiger partial charge in [0.05, 0.1) is 40.8 Å². The number of carbonyl (C=O) groups is 2. The lowest BCUT2D eigenvalue weighted by atomic mass is 9.81. The first kappa shape index (κ1) is 25.0. The maximum Gasteiger partial charge on any atom is 0.352 e. The van der Waals surface area contributed by atoms with E-state index in [1.807, 2.05) is 72.2 Å². The van der Waals surface area contributed by atoms with Gasteiger partial charge in [0.1, 0.15) is 5.70 Å². The van der Waals surface area contributed by atoms with E-state index in [2.05, 4.69) is 5.10 Å². The van der Waals surface area contributed by atoms with Crippen LogP contribution in [-0.4, -0.2) is 48.1 Å². The molecule has 2 aliphatic rings. The van der Waals surface area contributed by atoms with Crippen LogP contribution in [0.2, 0.25) is 0 Å². The third-order valence-electron chi connectivity index (χ3n) is 7.65. The number of hydrogen-bond donors (Lipinski definition) is 1. The highest BCUT2D eigenvalue weighted by molar-refractivity contribution is 8.02. The summed E-state index contributed by atoms with van der Waals surface area (Å²) in [6.07, 6.45) is 3.47. The molecular weight excluding hydrogens is 514 g/mol. The zero-order chi connectivity index (χ0) is 27.5. The third kappa shape index (κ3) is 3.94. The Morgan fingerprint density at radius 2 is 1.79 bits per heavy atom. The first-order valence-electron chi connectivity index (χ1n) is 12.5. The molecule has 198 valence electrons. The molecule has 1 amide bonds. The minimum atomic E-state index is -0.999. The van der Waals surface area contributed by atoms with Crippen LogP contribution in [0.3, 0.4) is 0 Å². The molecule has 0 saturated carbocycles. The average molecular weight is 542 g/mol. The molecule has 0 radical (unpaired) electrons. The number of rotatable bonds is 5. The van der Waals surface area contributed by atoms with Crippen LogP contribution in [0.1, 0.15) is 25.5 Å². The molecule has 6 rings (SSSR count). The molecule has 10 heteroatoms. The fourth-order valence-corrected chi connectivity index (χ4v) is 6.67. The number of aromatic nitrogens is 3. The maximum absolute atomic E-state index is 14.2. The van der Waals surface area contributed by atoms with Gasteiger partial charge < -0.3 is 19.5 Å². The molecule has 2 atom stereocenters. The number of nitrogens with zero attached hydrogens (tertiary/aromatic N) is 5. The fraction of sp³-hybridized carbons (Fsp3) is 0.241. The number of anilines is 1. The lowest BCUT2D eigenvalue weighted by molar-refractivity contribution is -0.135. The van der Waals surface area contributed by atoms with Crippen molar-refractivity contribution in [2.75, 3.05) is 10.8 Å². The van der Waals surface area contributed by atoms with Crippen molar-refractivity contribution in [1.29, 1.82) is 0 Å². The van der Waals surface area contributed by atoms with Crippen molar-refractivity contribution in [3.63, 3.8) is 0 Å². The molecule has 4 heterocycles. The highest BCUT2D eigenvalue weighted by atomic mass is 32.2. The molecule has 0 unspecified atom stereocenters. The van der Waals surface area contributed by atoms with E-state index in [1.54, 1.807) is 35.6 Å². The molecule has 1 saturated heterocycles. The smallest absolute Gasteiger partial charge is 0.352 e. The van der Waals surface area contributed by atoms with E-state index in [0.717, 1.165) is 22.2 Å². The van der Waals surface area contributed by atoms with E-state index < -0.39 is 23.5 Å². The second-order valence-electron chi connectivity index (χ2n) is 10.4. The summed E-state index contributed by atoms with van der Waals surface area (Å²) < 4.78 is 3.26. The Morgan fingerprint density at radius 1 is 1.05 bits per heavy atom. The van der Waals surface area contributed by atoms with E-state index in [0.29, 0.717) is 11.6 Å². The standard InChI is InChI=1S/C29H27N5O4S/c1-29(2)26(32-17-39-16-23(32)27(36)37)25(18-7-5-4-6-8-18)33(28(29)38)20-9-11-22-19(13-20)14-30-34(22)21-10-12-24(35)31(3)15-21/h4-16,25-26H,17H2,1-3H3,(H,36,37)/t25-,26-/m1/s1. The lowest BCUT2D eigenvalue weighted by Crippen LogP contribution is -2.46. The summed E-state index contributed by atoms with van der Waals surface area (Å²) in [4.78, 5) is 41.8. The van der Waals surface area contributed by atoms with Crippen molar-refractivity contribution in [3.05, 3.63) is 100 Å². The van der Waals surface area contributed by atoms with E-state index in [-0.39, 0.29) is 17.2 Å². The summed E-state index contributed by atoms with van der Waals surface area (Å²) in [6.45, 7) is 3.79. The van der Waals surface area contributed by atoms with Crippen LogP contribution in [0.4, 0.5) is 5.69 Å². The van der Waals surface area contributed by atoms with Crippen LogP contribution >= 0.6 is 11.8 Å². The number of thioether (sulfide) groups is 1. The topological polar surface area (TPSA) is 101 Å². The molecule has 2 aromatic heterocycles. The molecule has 39 heavy (non-hydrogen) atoms.